The zero-order chi connectivity index (χ0) is 10.3. The van der Waals surface area contributed by atoms with Crippen molar-refractivity contribution in [2.45, 2.75) is 58.9 Å². The molecule has 0 aromatic rings. The highest BCUT2D eigenvalue weighted by molar-refractivity contribution is 4.98. The lowest BCUT2D eigenvalue weighted by Crippen LogP contribution is -2.44. The van der Waals surface area contributed by atoms with E-state index in [4.69, 9.17) is 0 Å². The van der Waals surface area contributed by atoms with E-state index in [1.165, 1.54) is 24.8 Å². The molecule has 13 heavy (non-hydrogen) atoms. The molecule has 1 heteroatoms. The Hall–Kier alpha value is -0.300. The first kappa shape index (κ1) is 12.7. The summed E-state index contributed by atoms with van der Waals surface area (Å²) in [5.74, 6) is 0. The predicted molar refractivity (Wildman–Crippen MR) is 61.0 cm³/mol. The SMILES string of the molecule is C=C(CC)CNC(CC)(CC)CC. The standard InChI is InChI=1S/C12H25N/c1-6-11(5)10-13-12(7-2,8-3)9-4/h13H,5-10H2,1-4H3. The average molecular weight is 183 g/mol. The summed E-state index contributed by atoms with van der Waals surface area (Å²) in [6.07, 6.45) is 4.70. The molecular weight excluding hydrogens is 158 g/mol. The van der Waals surface area contributed by atoms with Crippen LogP contribution < -0.4 is 5.32 Å². The van der Waals surface area contributed by atoms with Crippen LogP contribution in [-0.2, 0) is 0 Å². The average Bonchev–Trinajstić information content (AvgIpc) is 2.20. The Kier molecular flexibility index (Phi) is 6.06. The van der Waals surface area contributed by atoms with Gasteiger partial charge in [-0.3, -0.25) is 0 Å². The molecule has 0 fully saturated rings. The lowest BCUT2D eigenvalue weighted by atomic mass is 9.89. The maximum absolute atomic E-state index is 4.02. The van der Waals surface area contributed by atoms with Gasteiger partial charge in [0, 0.05) is 12.1 Å². The second kappa shape index (κ2) is 6.20. The Morgan fingerprint density at radius 2 is 1.54 bits per heavy atom. The van der Waals surface area contributed by atoms with E-state index < -0.39 is 0 Å². The van der Waals surface area contributed by atoms with Crippen molar-refractivity contribution in [2.24, 2.45) is 0 Å². The molecule has 78 valence electrons. The summed E-state index contributed by atoms with van der Waals surface area (Å²) >= 11 is 0. The van der Waals surface area contributed by atoms with Gasteiger partial charge in [-0.2, -0.15) is 0 Å². The van der Waals surface area contributed by atoms with Crippen LogP contribution in [0, 0.1) is 0 Å². The van der Waals surface area contributed by atoms with Crippen LogP contribution in [0.2, 0.25) is 0 Å². The molecule has 1 nitrogen and oxygen atoms in total. The molecule has 0 aliphatic carbocycles. The maximum atomic E-state index is 4.02. The summed E-state index contributed by atoms with van der Waals surface area (Å²) < 4.78 is 0. The number of nitrogens with one attached hydrogen (secondary N) is 1. The van der Waals surface area contributed by atoms with Crippen molar-refractivity contribution < 1.29 is 0 Å². The Balaban J connectivity index is 4.02. The zero-order valence-electron chi connectivity index (χ0n) is 9.74. The van der Waals surface area contributed by atoms with Gasteiger partial charge in [0.15, 0.2) is 0 Å². The molecule has 0 atom stereocenters. The quantitative estimate of drug-likeness (QED) is 0.596. The molecule has 0 heterocycles. The van der Waals surface area contributed by atoms with Gasteiger partial charge < -0.3 is 5.32 Å². The molecule has 0 amide bonds. The summed E-state index contributed by atoms with van der Waals surface area (Å²) in [5.41, 5.74) is 1.65. The van der Waals surface area contributed by atoms with Gasteiger partial charge in [0.05, 0.1) is 0 Å². The summed E-state index contributed by atoms with van der Waals surface area (Å²) in [5, 5.41) is 3.63. The predicted octanol–water partition coefficient (Wildman–Crippen LogP) is 3.51. The Morgan fingerprint density at radius 1 is 1.08 bits per heavy atom. The van der Waals surface area contributed by atoms with Crippen molar-refractivity contribution in [3.05, 3.63) is 12.2 Å². The summed E-state index contributed by atoms with van der Waals surface area (Å²) in [7, 11) is 0. The minimum Gasteiger partial charge on any atom is -0.308 e. The van der Waals surface area contributed by atoms with Gasteiger partial charge in [0.25, 0.3) is 0 Å². The fraction of sp³-hybridized carbons (Fsp3) is 0.833. The fourth-order valence-corrected chi connectivity index (χ4v) is 1.56. The third-order valence-corrected chi connectivity index (χ3v) is 3.24. The van der Waals surface area contributed by atoms with Crippen LogP contribution in [-0.4, -0.2) is 12.1 Å². The van der Waals surface area contributed by atoms with E-state index in [0.717, 1.165) is 13.0 Å². The summed E-state index contributed by atoms with van der Waals surface area (Å²) in [4.78, 5) is 0. The summed E-state index contributed by atoms with van der Waals surface area (Å²) in [6.45, 7) is 13.9. The molecule has 1 N–H and O–H groups in total. The fourth-order valence-electron chi connectivity index (χ4n) is 1.56. The summed E-state index contributed by atoms with van der Waals surface area (Å²) in [6, 6.07) is 0. The van der Waals surface area contributed by atoms with E-state index in [2.05, 4.69) is 39.6 Å². The molecule has 0 saturated carbocycles. The van der Waals surface area contributed by atoms with E-state index in [1.807, 2.05) is 0 Å². The molecule has 0 aromatic carbocycles. The lowest BCUT2D eigenvalue weighted by molar-refractivity contribution is 0.299. The molecule has 0 bridgehead atoms. The minimum absolute atomic E-state index is 0.345. The van der Waals surface area contributed by atoms with Gasteiger partial charge in [-0.1, -0.05) is 39.8 Å². The van der Waals surface area contributed by atoms with Crippen LogP contribution >= 0.6 is 0 Å². The van der Waals surface area contributed by atoms with Crippen molar-refractivity contribution in [2.75, 3.05) is 6.54 Å². The molecule has 0 saturated heterocycles. The van der Waals surface area contributed by atoms with E-state index in [9.17, 15) is 0 Å². The number of hydrogen-bond donors (Lipinski definition) is 1. The molecular formula is C12H25N. The molecule has 0 spiro atoms. The molecule has 0 aliphatic heterocycles. The highest BCUT2D eigenvalue weighted by Crippen LogP contribution is 2.19. The number of hydrogen-bond acceptors (Lipinski definition) is 1. The third kappa shape index (κ3) is 3.95. The van der Waals surface area contributed by atoms with Crippen molar-refractivity contribution in [3.63, 3.8) is 0 Å². The highest BCUT2D eigenvalue weighted by atomic mass is 15.0. The molecule has 0 aliphatic rings. The van der Waals surface area contributed by atoms with Gasteiger partial charge in [-0.05, 0) is 25.7 Å². The van der Waals surface area contributed by atoms with Gasteiger partial charge in [-0.25, -0.2) is 0 Å². The second-order valence-electron chi connectivity index (χ2n) is 3.80. The van der Waals surface area contributed by atoms with Crippen molar-refractivity contribution >= 4 is 0 Å². The van der Waals surface area contributed by atoms with E-state index >= 15 is 0 Å². The monoisotopic (exact) mass is 183 g/mol. The van der Waals surface area contributed by atoms with Crippen molar-refractivity contribution in [3.8, 4) is 0 Å². The molecule has 0 aromatic heterocycles. The van der Waals surface area contributed by atoms with Gasteiger partial charge in [0.2, 0.25) is 0 Å². The largest absolute Gasteiger partial charge is 0.308 e. The van der Waals surface area contributed by atoms with Crippen molar-refractivity contribution in [1.29, 1.82) is 0 Å². The second-order valence-corrected chi connectivity index (χ2v) is 3.80. The van der Waals surface area contributed by atoms with E-state index in [-0.39, 0.29) is 0 Å². The normalized spacial score (nSPS) is 11.7. The van der Waals surface area contributed by atoms with Crippen LogP contribution in [0.25, 0.3) is 0 Å². The zero-order valence-corrected chi connectivity index (χ0v) is 9.74. The van der Waals surface area contributed by atoms with Gasteiger partial charge in [0.1, 0.15) is 0 Å². The van der Waals surface area contributed by atoms with Crippen LogP contribution in [0.1, 0.15) is 53.4 Å². The Labute approximate surface area is 83.6 Å². The van der Waals surface area contributed by atoms with E-state index in [1.54, 1.807) is 0 Å². The number of rotatable bonds is 7. The third-order valence-electron chi connectivity index (χ3n) is 3.24. The maximum Gasteiger partial charge on any atom is 0.0176 e. The Bertz CT molecular complexity index is 137. The smallest absolute Gasteiger partial charge is 0.0176 e. The first-order valence-electron chi connectivity index (χ1n) is 5.55. The molecule has 0 radical (unpaired) electrons. The van der Waals surface area contributed by atoms with E-state index in [0.29, 0.717) is 5.54 Å². The minimum atomic E-state index is 0.345. The van der Waals surface area contributed by atoms with Gasteiger partial charge >= 0.3 is 0 Å². The Morgan fingerprint density at radius 3 is 1.85 bits per heavy atom. The highest BCUT2D eigenvalue weighted by Gasteiger charge is 2.22. The topological polar surface area (TPSA) is 12.0 Å². The van der Waals surface area contributed by atoms with Crippen LogP contribution in [0.4, 0.5) is 0 Å². The van der Waals surface area contributed by atoms with Crippen LogP contribution in [0.5, 0.6) is 0 Å². The molecule has 0 rings (SSSR count). The van der Waals surface area contributed by atoms with Crippen LogP contribution in [0.3, 0.4) is 0 Å². The van der Waals surface area contributed by atoms with Gasteiger partial charge in [-0.15, -0.1) is 0 Å². The van der Waals surface area contributed by atoms with Crippen LogP contribution in [0.15, 0.2) is 12.2 Å². The molecule has 0 unspecified atom stereocenters. The van der Waals surface area contributed by atoms with Crippen molar-refractivity contribution in [1.82, 2.24) is 5.32 Å². The lowest BCUT2D eigenvalue weighted by Gasteiger charge is -2.32. The first-order chi connectivity index (χ1) is 6.14. The first-order valence-corrected chi connectivity index (χ1v) is 5.55.